The van der Waals surface area contributed by atoms with Crippen LogP contribution in [-0.2, 0) is 32.0 Å². The van der Waals surface area contributed by atoms with Crippen LogP contribution in [0.15, 0.2) is 78.9 Å². The Labute approximate surface area is 269 Å². The topological polar surface area (TPSA) is 144 Å². The highest BCUT2D eigenvalue weighted by atomic mass is 16.7. The summed E-state index contributed by atoms with van der Waals surface area (Å²) in [5, 5.41) is 13.9. The molecule has 0 radical (unpaired) electrons. The molecule has 0 saturated carbocycles. The number of amides is 3. The first kappa shape index (κ1) is 35.4. The molecule has 46 heavy (non-hydrogen) atoms. The lowest BCUT2D eigenvalue weighted by Gasteiger charge is -2.32. The Morgan fingerprint density at radius 2 is 1.48 bits per heavy atom. The SMILES string of the molecule is Cc1c(O)cccc1C(=O)NN(Cc1ccccc1)C(=O)[C@@H](OC(=O)OCC(C)C)[C@H](Cc1ccccc1)NC(=O)OC(C)(C)C. The van der Waals surface area contributed by atoms with E-state index in [9.17, 15) is 24.3 Å². The van der Waals surface area contributed by atoms with Crippen molar-refractivity contribution in [1.29, 1.82) is 0 Å². The van der Waals surface area contributed by atoms with E-state index in [1.807, 2.05) is 26.0 Å². The largest absolute Gasteiger partial charge is 0.509 e. The normalized spacial score (nSPS) is 12.4. The molecule has 0 saturated heterocycles. The number of ether oxygens (including phenoxy) is 3. The number of aromatic hydroxyl groups is 1. The molecule has 0 aliphatic carbocycles. The van der Waals surface area contributed by atoms with Gasteiger partial charge in [-0.05, 0) is 63.3 Å². The summed E-state index contributed by atoms with van der Waals surface area (Å²) < 4.78 is 16.4. The summed E-state index contributed by atoms with van der Waals surface area (Å²) in [6.07, 6.45) is -3.56. The number of rotatable bonds is 11. The smallest absolute Gasteiger partial charge is 0.508 e. The van der Waals surface area contributed by atoms with Crippen LogP contribution < -0.4 is 10.7 Å². The van der Waals surface area contributed by atoms with Crippen LogP contribution in [0.25, 0.3) is 0 Å². The molecule has 3 aromatic carbocycles. The molecule has 3 amide bonds. The van der Waals surface area contributed by atoms with Crippen LogP contribution in [0.3, 0.4) is 0 Å². The minimum Gasteiger partial charge on any atom is -0.508 e. The lowest BCUT2D eigenvalue weighted by molar-refractivity contribution is -0.147. The average molecular weight is 634 g/mol. The first-order chi connectivity index (χ1) is 21.7. The van der Waals surface area contributed by atoms with Crippen molar-refractivity contribution < 1.29 is 38.5 Å². The number of phenols is 1. The van der Waals surface area contributed by atoms with Crippen molar-refractivity contribution >= 4 is 24.1 Å². The van der Waals surface area contributed by atoms with Crippen molar-refractivity contribution in [3.63, 3.8) is 0 Å². The van der Waals surface area contributed by atoms with E-state index < -0.39 is 41.8 Å². The highest BCUT2D eigenvalue weighted by Crippen LogP contribution is 2.21. The molecule has 0 fully saturated rings. The predicted molar refractivity (Wildman–Crippen MR) is 172 cm³/mol. The number of hydrazine groups is 1. The number of benzene rings is 3. The molecule has 0 bridgehead atoms. The van der Waals surface area contributed by atoms with E-state index >= 15 is 0 Å². The molecule has 3 aromatic rings. The molecule has 2 atom stereocenters. The van der Waals surface area contributed by atoms with Gasteiger partial charge in [0.15, 0.2) is 0 Å². The Morgan fingerprint density at radius 3 is 2.07 bits per heavy atom. The molecule has 0 aliphatic heterocycles. The third kappa shape index (κ3) is 11.1. The fraction of sp³-hybridized carbons (Fsp3) is 0.371. The summed E-state index contributed by atoms with van der Waals surface area (Å²) in [7, 11) is 0. The van der Waals surface area contributed by atoms with Gasteiger partial charge in [-0.2, -0.15) is 0 Å². The van der Waals surface area contributed by atoms with E-state index in [0.29, 0.717) is 11.1 Å². The number of carbonyl (C=O) groups is 4. The zero-order chi connectivity index (χ0) is 33.9. The molecule has 11 nitrogen and oxygen atoms in total. The Kier molecular flexibility index (Phi) is 12.6. The van der Waals surface area contributed by atoms with E-state index in [-0.39, 0.29) is 36.8 Å². The van der Waals surface area contributed by atoms with Crippen molar-refractivity contribution in [1.82, 2.24) is 15.8 Å². The fourth-order valence-electron chi connectivity index (χ4n) is 4.38. The van der Waals surface area contributed by atoms with Crippen LogP contribution in [0.5, 0.6) is 5.75 Å². The second-order valence-corrected chi connectivity index (χ2v) is 12.2. The number of hydrogen-bond acceptors (Lipinski definition) is 8. The van der Waals surface area contributed by atoms with Gasteiger partial charge in [-0.25, -0.2) is 14.6 Å². The van der Waals surface area contributed by atoms with Crippen LogP contribution in [-0.4, -0.2) is 58.5 Å². The molecule has 246 valence electrons. The number of nitrogens with one attached hydrogen (secondary N) is 2. The van der Waals surface area contributed by atoms with Crippen molar-refractivity contribution in [2.45, 2.75) is 72.3 Å². The van der Waals surface area contributed by atoms with Crippen LogP contribution in [0.4, 0.5) is 9.59 Å². The van der Waals surface area contributed by atoms with Gasteiger partial charge in [-0.15, -0.1) is 0 Å². The molecular weight excluding hydrogens is 590 g/mol. The predicted octanol–water partition coefficient (Wildman–Crippen LogP) is 5.69. The van der Waals surface area contributed by atoms with Gasteiger partial charge in [0.1, 0.15) is 11.4 Å². The lowest BCUT2D eigenvalue weighted by atomic mass is 10.00. The summed E-state index contributed by atoms with van der Waals surface area (Å²) in [5.41, 5.74) is 3.60. The van der Waals surface area contributed by atoms with Crippen molar-refractivity contribution in [2.75, 3.05) is 6.61 Å². The fourth-order valence-corrected chi connectivity index (χ4v) is 4.38. The van der Waals surface area contributed by atoms with Gasteiger partial charge in [0.25, 0.3) is 11.8 Å². The van der Waals surface area contributed by atoms with Crippen molar-refractivity contribution in [3.05, 3.63) is 101 Å². The Morgan fingerprint density at radius 1 is 0.870 bits per heavy atom. The van der Waals surface area contributed by atoms with Gasteiger partial charge in [0.05, 0.1) is 19.2 Å². The first-order valence-electron chi connectivity index (χ1n) is 15.0. The van der Waals surface area contributed by atoms with Gasteiger partial charge >= 0.3 is 12.2 Å². The van der Waals surface area contributed by atoms with Crippen LogP contribution >= 0.6 is 0 Å². The number of alkyl carbamates (subject to hydrolysis) is 1. The highest BCUT2D eigenvalue weighted by molar-refractivity contribution is 5.97. The van der Waals surface area contributed by atoms with Crippen LogP contribution in [0, 0.1) is 12.8 Å². The first-order valence-corrected chi connectivity index (χ1v) is 15.0. The number of nitrogens with zero attached hydrogens (tertiary/aromatic N) is 1. The van der Waals surface area contributed by atoms with Gasteiger partial charge < -0.3 is 24.6 Å². The molecule has 3 N–H and O–H groups in total. The Balaban J connectivity index is 2.06. The average Bonchev–Trinajstić information content (AvgIpc) is 2.99. The maximum absolute atomic E-state index is 14.5. The van der Waals surface area contributed by atoms with Crippen molar-refractivity contribution in [2.24, 2.45) is 5.92 Å². The minimum atomic E-state index is -1.67. The summed E-state index contributed by atoms with van der Waals surface area (Å²) in [6, 6.07) is 21.2. The molecule has 0 aromatic heterocycles. The molecule has 0 unspecified atom stereocenters. The minimum absolute atomic E-state index is 0.0129. The van der Waals surface area contributed by atoms with Gasteiger partial charge in [0.2, 0.25) is 6.10 Å². The van der Waals surface area contributed by atoms with E-state index in [2.05, 4.69) is 10.7 Å². The molecule has 0 aliphatic rings. The summed E-state index contributed by atoms with van der Waals surface area (Å²) in [5.74, 6) is -1.62. The highest BCUT2D eigenvalue weighted by Gasteiger charge is 2.39. The third-order valence-corrected chi connectivity index (χ3v) is 6.60. The second-order valence-electron chi connectivity index (χ2n) is 12.2. The zero-order valence-electron chi connectivity index (χ0n) is 27.1. The molecule has 3 rings (SSSR count). The second kappa shape index (κ2) is 16.3. The lowest BCUT2D eigenvalue weighted by Crippen LogP contribution is -2.58. The number of carbonyl (C=O) groups excluding carboxylic acids is 4. The number of phenolic OH excluding ortho intramolecular Hbond substituents is 1. The van der Waals surface area contributed by atoms with E-state index in [1.165, 1.54) is 18.2 Å². The molecular formula is C35H43N3O8. The third-order valence-electron chi connectivity index (χ3n) is 6.60. The van der Waals surface area contributed by atoms with Gasteiger partial charge in [0, 0.05) is 11.1 Å². The number of hydrogen-bond donors (Lipinski definition) is 3. The molecule has 0 spiro atoms. The Bertz CT molecular complexity index is 1470. The maximum Gasteiger partial charge on any atom is 0.509 e. The van der Waals surface area contributed by atoms with Gasteiger partial charge in [-0.3, -0.25) is 15.0 Å². The van der Waals surface area contributed by atoms with Crippen molar-refractivity contribution in [3.8, 4) is 5.75 Å². The zero-order valence-corrected chi connectivity index (χ0v) is 27.1. The summed E-state index contributed by atoms with van der Waals surface area (Å²) >= 11 is 0. The summed E-state index contributed by atoms with van der Waals surface area (Å²) in [6.45, 7) is 10.3. The quantitative estimate of drug-likeness (QED) is 0.181. The summed E-state index contributed by atoms with van der Waals surface area (Å²) in [4.78, 5) is 54.0. The maximum atomic E-state index is 14.5. The van der Waals surface area contributed by atoms with Crippen LogP contribution in [0.1, 0.15) is 61.7 Å². The van der Waals surface area contributed by atoms with E-state index in [0.717, 1.165) is 10.6 Å². The molecule has 11 heteroatoms. The van der Waals surface area contributed by atoms with Gasteiger partial charge in [-0.1, -0.05) is 80.6 Å². The van der Waals surface area contributed by atoms with E-state index in [1.54, 1.807) is 76.2 Å². The standard InChI is InChI=1S/C35H43N3O8/c1-23(2)22-44-34(43)45-30(28(20-25-14-9-7-10-15-25)36-33(42)46-35(4,5)6)32(41)38(21-26-16-11-8-12-17-26)37-31(40)27-18-13-19-29(39)24(27)3/h7-19,23,28,30,39H,20-22H2,1-6H3,(H,36,42)(H,37,40)/t28-,30-/m0/s1. The van der Waals surface area contributed by atoms with E-state index in [4.69, 9.17) is 14.2 Å². The van der Waals surface area contributed by atoms with Crippen LogP contribution in [0.2, 0.25) is 0 Å². The Hall–Kier alpha value is -5.06. The monoisotopic (exact) mass is 633 g/mol. The molecule has 0 heterocycles.